The number of ether oxygens (including phenoxy) is 1. The molecular weight excluding hydrogens is 448 g/mol. The second-order valence-corrected chi connectivity index (χ2v) is 7.89. The lowest BCUT2D eigenvalue weighted by Crippen LogP contribution is -2.34. The Kier molecular flexibility index (Phi) is 6.20. The monoisotopic (exact) mass is 460 g/mol. The molecular formula is C15H14Br2N2O3S. The Morgan fingerprint density at radius 1 is 1.26 bits per heavy atom. The lowest BCUT2D eigenvalue weighted by atomic mass is 10.3. The average molecular weight is 462 g/mol. The van der Waals surface area contributed by atoms with E-state index in [9.17, 15) is 9.59 Å². The maximum Gasteiger partial charge on any atom is 0.264 e. The molecule has 0 bridgehead atoms. The van der Waals surface area contributed by atoms with Crippen molar-refractivity contribution >= 4 is 60.7 Å². The summed E-state index contributed by atoms with van der Waals surface area (Å²) in [5, 5.41) is 2.74. The van der Waals surface area contributed by atoms with Crippen molar-refractivity contribution < 1.29 is 14.3 Å². The molecule has 5 nitrogen and oxygen atoms in total. The van der Waals surface area contributed by atoms with Crippen molar-refractivity contribution in [2.45, 2.75) is 0 Å². The lowest BCUT2D eigenvalue weighted by Gasteiger charge is -2.16. The Morgan fingerprint density at radius 2 is 1.91 bits per heavy atom. The fourth-order valence-corrected chi connectivity index (χ4v) is 3.83. The molecule has 2 aromatic rings. The Labute approximate surface area is 154 Å². The Morgan fingerprint density at radius 3 is 2.43 bits per heavy atom. The molecule has 0 aliphatic carbocycles. The summed E-state index contributed by atoms with van der Waals surface area (Å²) < 4.78 is 6.72. The molecule has 23 heavy (non-hydrogen) atoms. The third-order valence-electron chi connectivity index (χ3n) is 2.96. The van der Waals surface area contributed by atoms with Crippen molar-refractivity contribution in [1.82, 2.24) is 4.90 Å². The van der Waals surface area contributed by atoms with Crippen LogP contribution in [0.5, 0.6) is 5.75 Å². The molecule has 2 amide bonds. The summed E-state index contributed by atoms with van der Waals surface area (Å²) in [7, 11) is 3.17. The molecule has 0 spiro atoms. The zero-order chi connectivity index (χ0) is 17.0. The van der Waals surface area contributed by atoms with Crippen LogP contribution in [0, 0.1) is 0 Å². The number of rotatable bonds is 5. The molecule has 1 heterocycles. The van der Waals surface area contributed by atoms with Crippen molar-refractivity contribution in [2.75, 3.05) is 26.0 Å². The topological polar surface area (TPSA) is 58.6 Å². The van der Waals surface area contributed by atoms with Crippen molar-refractivity contribution in [3.8, 4) is 5.75 Å². The summed E-state index contributed by atoms with van der Waals surface area (Å²) in [6, 6.07) is 8.73. The van der Waals surface area contributed by atoms with Crippen molar-refractivity contribution in [1.29, 1.82) is 0 Å². The van der Waals surface area contributed by atoms with E-state index in [0.717, 1.165) is 8.26 Å². The van der Waals surface area contributed by atoms with Gasteiger partial charge in [-0.2, -0.15) is 0 Å². The summed E-state index contributed by atoms with van der Waals surface area (Å²) in [4.78, 5) is 26.3. The van der Waals surface area contributed by atoms with Gasteiger partial charge in [0.1, 0.15) is 5.75 Å². The molecule has 0 saturated carbocycles. The van der Waals surface area contributed by atoms with Gasteiger partial charge in [0, 0.05) is 17.2 Å². The number of carbonyl (C=O) groups is 2. The number of nitrogens with one attached hydrogen (secondary N) is 1. The number of anilines is 1. The molecule has 1 aromatic carbocycles. The van der Waals surface area contributed by atoms with Gasteiger partial charge < -0.3 is 15.0 Å². The van der Waals surface area contributed by atoms with E-state index in [1.165, 1.54) is 16.2 Å². The Bertz CT molecular complexity index is 697. The number of methoxy groups -OCH3 is 1. The van der Waals surface area contributed by atoms with Crippen molar-refractivity contribution in [3.63, 3.8) is 0 Å². The molecule has 1 aromatic heterocycles. The minimum absolute atomic E-state index is 0.0298. The third kappa shape index (κ3) is 4.79. The van der Waals surface area contributed by atoms with Gasteiger partial charge in [0.15, 0.2) is 0 Å². The minimum Gasteiger partial charge on any atom is -0.497 e. The molecule has 122 valence electrons. The summed E-state index contributed by atoms with van der Waals surface area (Å²) in [6.45, 7) is -0.0298. The van der Waals surface area contributed by atoms with Gasteiger partial charge in [-0.05, 0) is 62.2 Å². The normalized spacial score (nSPS) is 10.3. The molecule has 1 N–H and O–H groups in total. The van der Waals surface area contributed by atoms with E-state index in [1.807, 2.05) is 0 Å². The molecule has 0 atom stereocenters. The standard InChI is InChI=1S/C15H14Br2N2O3S/c1-19(15(21)12-7-11(16)14(17)23-12)8-13(20)18-9-3-5-10(22-2)6-4-9/h3-7H,8H2,1-2H3,(H,18,20). The van der Waals surface area contributed by atoms with Crippen LogP contribution in [0.15, 0.2) is 38.6 Å². The van der Waals surface area contributed by atoms with Gasteiger partial charge in [0.2, 0.25) is 5.91 Å². The predicted octanol–water partition coefficient (Wildman–Crippen LogP) is 3.99. The first-order chi connectivity index (χ1) is 10.9. The molecule has 0 radical (unpaired) electrons. The van der Waals surface area contributed by atoms with Gasteiger partial charge in [0.05, 0.1) is 22.3 Å². The third-order valence-corrected chi connectivity index (χ3v) is 6.20. The quantitative estimate of drug-likeness (QED) is 0.732. The highest BCUT2D eigenvalue weighted by Gasteiger charge is 2.18. The molecule has 0 aliphatic rings. The van der Waals surface area contributed by atoms with Crippen LogP contribution in [-0.2, 0) is 4.79 Å². The second-order valence-electron chi connectivity index (χ2n) is 4.67. The fourth-order valence-electron chi connectivity index (χ4n) is 1.80. The van der Waals surface area contributed by atoms with Gasteiger partial charge in [-0.25, -0.2) is 0 Å². The number of hydrogen-bond acceptors (Lipinski definition) is 4. The number of nitrogens with zero attached hydrogens (tertiary/aromatic N) is 1. The predicted molar refractivity (Wildman–Crippen MR) is 98.3 cm³/mol. The highest BCUT2D eigenvalue weighted by molar-refractivity contribution is 9.13. The van der Waals surface area contributed by atoms with Crippen LogP contribution < -0.4 is 10.1 Å². The molecule has 0 fully saturated rings. The van der Waals surface area contributed by atoms with Crippen LogP contribution in [0.25, 0.3) is 0 Å². The average Bonchev–Trinajstić information content (AvgIpc) is 2.86. The smallest absolute Gasteiger partial charge is 0.264 e. The second kappa shape index (κ2) is 7.94. The van der Waals surface area contributed by atoms with E-state index >= 15 is 0 Å². The molecule has 0 aliphatic heterocycles. The summed E-state index contributed by atoms with van der Waals surface area (Å²) in [6.07, 6.45) is 0. The van der Waals surface area contributed by atoms with Gasteiger partial charge in [-0.15, -0.1) is 11.3 Å². The summed E-state index contributed by atoms with van der Waals surface area (Å²) in [5.74, 6) is 0.246. The van der Waals surface area contributed by atoms with Gasteiger partial charge in [-0.3, -0.25) is 9.59 Å². The summed E-state index contributed by atoms with van der Waals surface area (Å²) in [5.41, 5.74) is 0.651. The van der Waals surface area contributed by atoms with E-state index in [4.69, 9.17) is 4.74 Å². The number of amides is 2. The first kappa shape index (κ1) is 18.0. The maximum absolute atomic E-state index is 12.3. The Balaban J connectivity index is 1.94. The van der Waals surface area contributed by atoms with Crippen LogP contribution in [-0.4, -0.2) is 37.4 Å². The molecule has 2 rings (SSSR count). The zero-order valence-electron chi connectivity index (χ0n) is 12.4. The summed E-state index contributed by atoms with van der Waals surface area (Å²) >= 11 is 8.01. The van der Waals surface area contributed by atoms with Gasteiger partial charge in [-0.1, -0.05) is 0 Å². The first-order valence-corrected chi connectivity index (χ1v) is 8.95. The minimum atomic E-state index is -0.263. The Hall–Kier alpha value is -1.38. The molecule has 8 heteroatoms. The van der Waals surface area contributed by atoms with Crippen LogP contribution in [0.4, 0.5) is 5.69 Å². The maximum atomic E-state index is 12.3. The molecule has 0 saturated heterocycles. The van der Waals surface area contributed by atoms with E-state index in [1.54, 1.807) is 44.5 Å². The van der Waals surface area contributed by atoms with Crippen LogP contribution in [0.2, 0.25) is 0 Å². The van der Waals surface area contributed by atoms with E-state index in [0.29, 0.717) is 16.3 Å². The van der Waals surface area contributed by atoms with Crippen molar-refractivity contribution in [2.24, 2.45) is 0 Å². The van der Waals surface area contributed by atoms with Crippen LogP contribution in [0.1, 0.15) is 9.67 Å². The largest absolute Gasteiger partial charge is 0.497 e. The number of hydrogen-bond donors (Lipinski definition) is 1. The lowest BCUT2D eigenvalue weighted by molar-refractivity contribution is -0.116. The molecule has 0 unspecified atom stereocenters. The van der Waals surface area contributed by atoms with Crippen LogP contribution >= 0.6 is 43.2 Å². The fraction of sp³-hybridized carbons (Fsp3) is 0.200. The number of carbonyl (C=O) groups excluding carboxylic acids is 2. The number of thiophene rings is 1. The van der Waals surface area contributed by atoms with E-state index in [2.05, 4.69) is 37.2 Å². The highest BCUT2D eigenvalue weighted by atomic mass is 79.9. The number of halogens is 2. The van der Waals surface area contributed by atoms with E-state index < -0.39 is 0 Å². The highest BCUT2D eigenvalue weighted by Crippen LogP contribution is 2.32. The van der Waals surface area contributed by atoms with Gasteiger partial charge >= 0.3 is 0 Å². The first-order valence-electron chi connectivity index (χ1n) is 6.55. The number of benzene rings is 1. The van der Waals surface area contributed by atoms with Crippen molar-refractivity contribution in [3.05, 3.63) is 43.5 Å². The zero-order valence-corrected chi connectivity index (χ0v) is 16.4. The SMILES string of the molecule is COc1ccc(NC(=O)CN(C)C(=O)c2cc(Br)c(Br)s2)cc1. The van der Waals surface area contributed by atoms with Gasteiger partial charge in [0.25, 0.3) is 5.91 Å². The number of likely N-dealkylation sites (N-methyl/N-ethyl adjacent to an activating group) is 1. The van der Waals surface area contributed by atoms with Crippen LogP contribution in [0.3, 0.4) is 0 Å². The van der Waals surface area contributed by atoms with E-state index in [-0.39, 0.29) is 18.4 Å².